The van der Waals surface area contributed by atoms with E-state index in [0.29, 0.717) is 22.8 Å². The Labute approximate surface area is 145 Å². The number of likely N-dealkylation sites (tertiary alicyclic amines) is 1. The van der Waals surface area contributed by atoms with E-state index in [1.165, 1.54) is 7.11 Å². The van der Waals surface area contributed by atoms with E-state index >= 15 is 0 Å². The molecule has 2 N–H and O–H groups in total. The van der Waals surface area contributed by atoms with Gasteiger partial charge in [-0.1, -0.05) is 23.7 Å². The van der Waals surface area contributed by atoms with Crippen molar-refractivity contribution in [1.82, 2.24) is 15.5 Å². The van der Waals surface area contributed by atoms with E-state index < -0.39 is 12.0 Å². The van der Waals surface area contributed by atoms with Gasteiger partial charge in [0.1, 0.15) is 0 Å². The van der Waals surface area contributed by atoms with Gasteiger partial charge in [0.05, 0.1) is 18.7 Å². The van der Waals surface area contributed by atoms with Crippen LogP contribution in [0.5, 0.6) is 0 Å². The molecule has 6 nitrogen and oxygen atoms in total. The minimum absolute atomic E-state index is 0.332. The van der Waals surface area contributed by atoms with Gasteiger partial charge in [-0.15, -0.1) is 0 Å². The van der Waals surface area contributed by atoms with Gasteiger partial charge >= 0.3 is 12.0 Å². The first-order valence-corrected chi connectivity index (χ1v) is 8.33. The zero-order valence-corrected chi connectivity index (χ0v) is 14.2. The van der Waals surface area contributed by atoms with Crippen molar-refractivity contribution < 1.29 is 14.3 Å². The summed E-state index contributed by atoms with van der Waals surface area (Å²) in [4.78, 5) is 26.7. The summed E-state index contributed by atoms with van der Waals surface area (Å²) < 4.78 is 4.96. The number of carbonyl (C=O) groups excluding carboxylic acids is 2. The summed E-state index contributed by atoms with van der Waals surface area (Å²) in [7, 11) is 1.34. The van der Waals surface area contributed by atoms with Crippen molar-refractivity contribution in [2.75, 3.05) is 26.7 Å². The van der Waals surface area contributed by atoms with Crippen molar-refractivity contribution >= 4 is 23.6 Å². The van der Waals surface area contributed by atoms with E-state index in [4.69, 9.17) is 16.3 Å². The molecule has 1 aromatic rings. The summed E-state index contributed by atoms with van der Waals surface area (Å²) in [5.41, 5.74) is 1.76. The number of ether oxygens (including phenoxy) is 1. The van der Waals surface area contributed by atoms with Crippen LogP contribution in [0.1, 0.15) is 24.4 Å². The lowest BCUT2D eigenvalue weighted by Gasteiger charge is -2.31. The maximum Gasteiger partial charge on any atom is 0.338 e. The monoisotopic (exact) mass is 349 g/mol. The fourth-order valence-corrected chi connectivity index (χ4v) is 3.39. The number of carbonyl (C=O) groups is 2. The predicted octanol–water partition coefficient (Wildman–Crippen LogP) is 2.22. The second-order valence-electron chi connectivity index (χ2n) is 5.95. The molecule has 2 aliphatic heterocycles. The molecule has 1 saturated heterocycles. The van der Waals surface area contributed by atoms with E-state index in [1.807, 2.05) is 6.07 Å². The molecular weight excluding hydrogens is 330 g/mol. The molecule has 1 atom stereocenters. The van der Waals surface area contributed by atoms with Crippen molar-refractivity contribution in [3.8, 4) is 0 Å². The molecule has 0 unspecified atom stereocenters. The van der Waals surface area contributed by atoms with Crippen LogP contribution in [0.15, 0.2) is 35.5 Å². The van der Waals surface area contributed by atoms with Crippen molar-refractivity contribution in [3.63, 3.8) is 0 Å². The summed E-state index contributed by atoms with van der Waals surface area (Å²) >= 11 is 6.07. The van der Waals surface area contributed by atoms with Crippen LogP contribution in [0.25, 0.3) is 0 Å². The molecule has 2 aliphatic rings. The van der Waals surface area contributed by atoms with Gasteiger partial charge in [-0.05, 0) is 43.6 Å². The van der Waals surface area contributed by atoms with Gasteiger partial charge in [-0.3, -0.25) is 4.90 Å². The van der Waals surface area contributed by atoms with Crippen molar-refractivity contribution in [1.29, 1.82) is 0 Å². The maximum absolute atomic E-state index is 12.4. The molecule has 0 aromatic heterocycles. The van der Waals surface area contributed by atoms with Crippen LogP contribution in [-0.4, -0.2) is 43.6 Å². The quantitative estimate of drug-likeness (QED) is 0.818. The number of hydrogen-bond acceptors (Lipinski definition) is 4. The van der Waals surface area contributed by atoms with Crippen molar-refractivity contribution in [3.05, 3.63) is 46.1 Å². The first-order valence-electron chi connectivity index (χ1n) is 7.95. The number of halogens is 1. The largest absolute Gasteiger partial charge is 0.466 e. The summed E-state index contributed by atoms with van der Waals surface area (Å²) in [5.74, 6) is -0.457. The van der Waals surface area contributed by atoms with Gasteiger partial charge in [0, 0.05) is 17.3 Å². The highest BCUT2D eigenvalue weighted by Crippen LogP contribution is 2.29. The SMILES string of the molecule is COC(=O)C1=C(CN2CCCC2)NC(=O)N[C@H]1c1cccc(Cl)c1. The molecule has 1 fully saturated rings. The summed E-state index contributed by atoms with van der Waals surface area (Å²) in [5, 5.41) is 6.12. The zero-order chi connectivity index (χ0) is 17.1. The first-order chi connectivity index (χ1) is 11.6. The maximum atomic E-state index is 12.4. The van der Waals surface area contributed by atoms with Crippen molar-refractivity contribution in [2.24, 2.45) is 0 Å². The summed E-state index contributed by atoms with van der Waals surface area (Å²) in [6.07, 6.45) is 2.26. The lowest BCUT2D eigenvalue weighted by molar-refractivity contribution is -0.136. The van der Waals surface area contributed by atoms with Gasteiger partial charge in [0.15, 0.2) is 0 Å². The Morgan fingerprint density at radius 1 is 1.38 bits per heavy atom. The number of amides is 2. The second-order valence-corrected chi connectivity index (χ2v) is 6.39. The van der Waals surface area contributed by atoms with E-state index in [2.05, 4.69) is 15.5 Å². The fourth-order valence-electron chi connectivity index (χ4n) is 3.19. The smallest absolute Gasteiger partial charge is 0.338 e. The Kier molecular flexibility index (Phi) is 5.06. The molecule has 0 saturated carbocycles. The number of benzene rings is 1. The number of urea groups is 1. The number of rotatable bonds is 4. The van der Waals surface area contributed by atoms with Gasteiger partial charge in [0.25, 0.3) is 0 Å². The third kappa shape index (κ3) is 3.55. The van der Waals surface area contributed by atoms with E-state index in [1.54, 1.807) is 18.2 Å². The standard InChI is InChI=1S/C17H20ClN3O3/c1-24-16(22)14-13(10-21-7-2-3-8-21)19-17(23)20-15(14)11-5-4-6-12(18)9-11/h4-6,9,15H,2-3,7-8,10H2,1H3,(H2,19,20,23)/t15-/m0/s1. The minimum Gasteiger partial charge on any atom is -0.466 e. The third-order valence-corrected chi connectivity index (χ3v) is 4.56. The Balaban J connectivity index is 2.01. The molecule has 128 valence electrons. The number of methoxy groups -OCH3 is 1. The van der Waals surface area contributed by atoms with Gasteiger partial charge in [-0.25, -0.2) is 9.59 Å². The van der Waals surface area contributed by atoms with Gasteiger partial charge < -0.3 is 15.4 Å². The number of esters is 1. The normalized spacial score (nSPS) is 21.4. The van der Waals surface area contributed by atoms with Crippen molar-refractivity contribution in [2.45, 2.75) is 18.9 Å². The van der Waals surface area contributed by atoms with Crippen LogP contribution in [0.2, 0.25) is 5.02 Å². The fraction of sp³-hybridized carbons (Fsp3) is 0.412. The molecule has 24 heavy (non-hydrogen) atoms. The molecule has 7 heteroatoms. The van der Waals surface area contributed by atoms with Crippen LogP contribution in [0.3, 0.4) is 0 Å². The molecule has 2 amide bonds. The molecule has 0 aliphatic carbocycles. The Hall–Kier alpha value is -2.05. The second kappa shape index (κ2) is 7.23. The molecule has 0 bridgehead atoms. The highest BCUT2D eigenvalue weighted by Gasteiger charge is 2.34. The lowest BCUT2D eigenvalue weighted by atomic mass is 9.95. The highest BCUT2D eigenvalue weighted by molar-refractivity contribution is 6.30. The minimum atomic E-state index is -0.581. The van der Waals surface area contributed by atoms with Crippen LogP contribution in [-0.2, 0) is 9.53 Å². The van der Waals surface area contributed by atoms with E-state index in [-0.39, 0.29) is 6.03 Å². The summed E-state index contributed by atoms with van der Waals surface area (Å²) in [6, 6.07) is 6.21. The number of nitrogens with zero attached hydrogens (tertiary/aromatic N) is 1. The first kappa shape index (κ1) is 16.8. The van der Waals surface area contributed by atoms with Crippen LogP contribution >= 0.6 is 11.6 Å². The average Bonchev–Trinajstić information content (AvgIpc) is 3.06. The molecule has 0 spiro atoms. The molecular formula is C17H20ClN3O3. The number of nitrogens with one attached hydrogen (secondary N) is 2. The molecule has 3 rings (SSSR count). The number of hydrogen-bond donors (Lipinski definition) is 2. The van der Waals surface area contributed by atoms with E-state index in [0.717, 1.165) is 31.5 Å². The Morgan fingerprint density at radius 2 is 2.12 bits per heavy atom. The molecule has 1 aromatic carbocycles. The molecule has 0 radical (unpaired) electrons. The Morgan fingerprint density at radius 3 is 2.79 bits per heavy atom. The van der Waals surface area contributed by atoms with Crippen LogP contribution < -0.4 is 10.6 Å². The van der Waals surface area contributed by atoms with Gasteiger partial charge in [-0.2, -0.15) is 0 Å². The van der Waals surface area contributed by atoms with Crippen LogP contribution in [0.4, 0.5) is 4.79 Å². The third-order valence-electron chi connectivity index (χ3n) is 4.32. The summed E-state index contributed by atoms with van der Waals surface area (Å²) in [6.45, 7) is 2.45. The zero-order valence-electron chi connectivity index (χ0n) is 13.5. The van der Waals surface area contributed by atoms with Crippen LogP contribution in [0, 0.1) is 0 Å². The topological polar surface area (TPSA) is 70.7 Å². The lowest BCUT2D eigenvalue weighted by Crippen LogP contribution is -2.48. The van der Waals surface area contributed by atoms with E-state index in [9.17, 15) is 9.59 Å². The Bertz CT molecular complexity index is 683. The predicted molar refractivity (Wildman–Crippen MR) is 90.6 cm³/mol. The average molecular weight is 350 g/mol. The van der Waals surface area contributed by atoms with Gasteiger partial charge in [0.2, 0.25) is 0 Å². The molecule has 2 heterocycles. The highest BCUT2D eigenvalue weighted by atomic mass is 35.5.